The number of rotatable bonds is 6. The number of halogens is 4. The first kappa shape index (κ1) is 25.5. The molecule has 0 spiro atoms. The first-order valence-corrected chi connectivity index (χ1v) is 12.8. The van der Waals surface area contributed by atoms with Gasteiger partial charge in [-0.1, -0.05) is 0 Å². The Morgan fingerprint density at radius 1 is 1.10 bits per heavy atom. The fraction of sp³-hybridized carbons (Fsp3) is 0.407. The summed E-state index contributed by atoms with van der Waals surface area (Å²) in [5.41, 5.74) is 0.920. The van der Waals surface area contributed by atoms with E-state index >= 15 is 0 Å². The molecule has 12 heteroatoms. The second-order valence-corrected chi connectivity index (χ2v) is 10.4. The van der Waals surface area contributed by atoms with Crippen LogP contribution in [0.25, 0.3) is 22.2 Å². The Hall–Kier alpha value is -3.82. The Kier molecular flexibility index (Phi) is 6.35. The number of fused-ring (bicyclic) bond motifs is 1. The van der Waals surface area contributed by atoms with Crippen LogP contribution in [0.5, 0.6) is 0 Å². The number of nitrogens with one attached hydrogen (secondary N) is 1. The number of likely N-dealkylation sites (tertiary alicyclic amines) is 2. The lowest BCUT2D eigenvalue weighted by atomic mass is 9.83. The molecule has 202 valence electrons. The molecule has 39 heavy (non-hydrogen) atoms. The number of nitrogens with zero attached hydrogens (tertiary/aromatic N) is 7. The number of H-pyrrole nitrogens is 1. The molecule has 6 heterocycles. The number of aromatic amines is 1. The van der Waals surface area contributed by atoms with Gasteiger partial charge in [0.15, 0.2) is 11.5 Å². The first-order valence-electron chi connectivity index (χ1n) is 12.8. The van der Waals surface area contributed by atoms with Gasteiger partial charge in [0.2, 0.25) is 0 Å². The van der Waals surface area contributed by atoms with Crippen LogP contribution in [0.4, 0.5) is 17.6 Å². The lowest BCUT2D eigenvalue weighted by molar-refractivity contribution is -0.143. The third-order valence-corrected chi connectivity index (χ3v) is 7.95. The lowest BCUT2D eigenvalue weighted by Gasteiger charge is -2.53. The molecule has 0 saturated carbocycles. The molecular formula is C27H26F4N8. The van der Waals surface area contributed by atoms with Crippen molar-refractivity contribution in [2.75, 3.05) is 26.2 Å². The Balaban J connectivity index is 1.10. The van der Waals surface area contributed by atoms with Crippen LogP contribution in [0.2, 0.25) is 0 Å². The molecule has 0 amide bonds. The van der Waals surface area contributed by atoms with Crippen LogP contribution in [0.3, 0.4) is 0 Å². The predicted octanol–water partition coefficient (Wildman–Crippen LogP) is 4.57. The monoisotopic (exact) mass is 538 g/mol. The van der Waals surface area contributed by atoms with Gasteiger partial charge in [0.05, 0.1) is 18.7 Å². The second-order valence-electron chi connectivity index (χ2n) is 10.4. The Morgan fingerprint density at radius 3 is 2.62 bits per heavy atom. The molecule has 0 aliphatic carbocycles. The highest BCUT2D eigenvalue weighted by atomic mass is 19.4. The third-order valence-electron chi connectivity index (χ3n) is 7.95. The van der Waals surface area contributed by atoms with Gasteiger partial charge in [-0.25, -0.2) is 14.4 Å². The van der Waals surface area contributed by atoms with E-state index < -0.39 is 23.2 Å². The van der Waals surface area contributed by atoms with Gasteiger partial charge in [-0.05, 0) is 49.7 Å². The van der Waals surface area contributed by atoms with Crippen molar-refractivity contribution in [1.82, 2.24) is 34.5 Å². The quantitative estimate of drug-likeness (QED) is 0.362. The van der Waals surface area contributed by atoms with E-state index in [4.69, 9.17) is 0 Å². The fourth-order valence-electron chi connectivity index (χ4n) is 5.87. The smallest absolute Gasteiger partial charge is 0.346 e. The van der Waals surface area contributed by atoms with Gasteiger partial charge in [0, 0.05) is 67.0 Å². The molecule has 0 aromatic carbocycles. The van der Waals surface area contributed by atoms with Crippen molar-refractivity contribution in [3.63, 3.8) is 0 Å². The van der Waals surface area contributed by atoms with Crippen molar-refractivity contribution in [2.24, 2.45) is 0 Å². The molecule has 2 saturated heterocycles. The maximum atomic E-state index is 14.4. The molecular weight excluding hydrogens is 512 g/mol. The fourth-order valence-corrected chi connectivity index (χ4v) is 5.87. The molecule has 4 aromatic heterocycles. The summed E-state index contributed by atoms with van der Waals surface area (Å²) in [6.45, 7) is 2.79. The molecule has 0 radical (unpaired) electrons. The van der Waals surface area contributed by atoms with Crippen molar-refractivity contribution >= 4 is 11.0 Å². The van der Waals surface area contributed by atoms with E-state index in [-0.39, 0.29) is 18.2 Å². The zero-order chi connectivity index (χ0) is 27.2. The van der Waals surface area contributed by atoms with Crippen molar-refractivity contribution in [2.45, 2.75) is 43.6 Å². The summed E-state index contributed by atoms with van der Waals surface area (Å²) in [6, 6.07) is 7.87. The molecule has 2 fully saturated rings. The van der Waals surface area contributed by atoms with Gasteiger partial charge < -0.3 is 4.98 Å². The second kappa shape index (κ2) is 9.73. The lowest BCUT2D eigenvalue weighted by Crippen LogP contribution is -2.66. The summed E-state index contributed by atoms with van der Waals surface area (Å²) < 4.78 is 55.4. The minimum Gasteiger partial charge on any atom is -0.346 e. The largest absolute Gasteiger partial charge is 0.436 e. The van der Waals surface area contributed by atoms with Crippen LogP contribution >= 0.6 is 0 Å². The molecule has 2 aliphatic rings. The Bertz CT molecular complexity index is 1520. The molecule has 0 bridgehead atoms. The molecule has 0 unspecified atom stereocenters. The minimum absolute atomic E-state index is 0.00774. The van der Waals surface area contributed by atoms with Crippen LogP contribution in [0.1, 0.15) is 30.5 Å². The van der Waals surface area contributed by atoms with Crippen LogP contribution in [0, 0.1) is 17.1 Å². The summed E-state index contributed by atoms with van der Waals surface area (Å²) in [5.74, 6) is -1.29. The zero-order valence-corrected chi connectivity index (χ0v) is 21.0. The average molecular weight is 539 g/mol. The standard InChI is InChI=1S/C27H26F4N8/c28-23-18(1-8-33-24(23)27(29,30)31)14-37-11-4-20(5-12-37)38-16-26(17-38,6-7-32)39-15-19(13-36-39)21-2-9-34-25-22(21)3-10-35-25/h1-3,8-10,13,15,20H,4-6,11-12,14,16-17H2,(H,34,35). The third kappa shape index (κ3) is 4.66. The molecule has 4 aromatic rings. The van der Waals surface area contributed by atoms with E-state index in [1.54, 1.807) is 6.20 Å². The van der Waals surface area contributed by atoms with Gasteiger partial charge in [-0.3, -0.25) is 14.5 Å². The summed E-state index contributed by atoms with van der Waals surface area (Å²) in [6.07, 6.45) is 5.59. The molecule has 2 aliphatic heterocycles. The highest BCUT2D eigenvalue weighted by Gasteiger charge is 2.48. The number of aromatic nitrogens is 5. The van der Waals surface area contributed by atoms with Crippen molar-refractivity contribution in [3.05, 3.63) is 66.3 Å². The number of hydrogen-bond donors (Lipinski definition) is 1. The van der Waals surface area contributed by atoms with Gasteiger partial charge in [-0.15, -0.1) is 0 Å². The van der Waals surface area contributed by atoms with Crippen LogP contribution in [-0.2, 0) is 18.3 Å². The molecule has 8 nitrogen and oxygen atoms in total. The summed E-state index contributed by atoms with van der Waals surface area (Å²) in [4.78, 5) is 15.0. The topological polar surface area (TPSA) is 89.7 Å². The Labute approximate surface area is 221 Å². The Morgan fingerprint density at radius 2 is 1.87 bits per heavy atom. The molecule has 1 N–H and O–H groups in total. The summed E-state index contributed by atoms with van der Waals surface area (Å²) >= 11 is 0. The van der Waals surface area contributed by atoms with Crippen LogP contribution < -0.4 is 0 Å². The molecule has 0 atom stereocenters. The predicted molar refractivity (Wildman–Crippen MR) is 135 cm³/mol. The zero-order valence-electron chi connectivity index (χ0n) is 21.0. The molecule has 6 rings (SSSR count). The van der Waals surface area contributed by atoms with Crippen LogP contribution in [0.15, 0.2) is 49.2 Å². The van der Waals surface area contributed by atoms with Gasteiger partial charge in [0.1, 0.15) is 11.2 Å². The maximum Gasteiger partial charge on any atom is 0.436 e. The maximum absolute atomic E-state index is 14.4. The highest BCUT2D eigenvalue weighted by molar-refractivity contribution is 5.92. The van der Waals surface area contributed by atoms with E-state index in [1.165, 1.54) is 6.07 Å². The van der Waals surface area contributed by atoms with Crippen molar-refractivity contribution < 1.29 is 17.6 Å². The number of hydrogen-bond acceptors (Lipinski definition) is 6. The van der Waals surface area contributed by atoms with Gasteiger partial charge >= 0.3 is 6.18 Å². The van der Waals surface area contributed by atoms with E-state index in [9.17, 15) is 22.8 Å². The van der Waals surface area contributed by atoms with E-state index in [0.29, 0.717) is 32.6 Å². The SMILES string of the molecule is N#CCC1(n2cc(-c3ccnc4[nH]ccc34)cn2)CN(C2CCN(Cc3ccnc(C(F)(F)F)c3F)CC2)C1. The van der Waals surface area contributed by atoms with Crippen molar-refractivity contribution in [3.8, 4) is 17.2 Å². The van der Waals surface area contributed by atoms with E-state index in [1.807, 2.05) is 40.3 Å². The number of nitriles is 1. The minimum atomic E-state index is -4.82. The van der Waals surface area contributed by atoms with Gasteiger partial charge in [-0.2, -0.15) is 23.5 Å². The summed E-state index contributed by atoms with van der Waals surface area (Å²) in [7, 11) is 0. The first-order chi connectivity index (χ1) is 18.8. The number of pyridine rings is 2. The van der Waals surface area contributed by atoms with Crippen LogP contribution in [-0.4, -0.2) is 66.8 Å². The van der Waals surface area contributed by atoms with Crippen molar-refractivity contribution in [1.29, 1.82) is 5.26 Å². The van der Waals surface area contributed by atoms with Gasteiger partial charge in [0.25, 0.3) is 0 Å². The van der Waals surface area contributed by atoms with E-state index in [2.05, 4.69) is 31.0 Å². The number of alkyl halides is 3. The average Bonchev–Trinajstić information content (AvgIpc) is 3.57. The summed E-state index contributed by atoms with van der Waals surface area (Å²) in [5, 5.41) is 15.3. The number of piperidine rings is 1. The normalized spacial score (nSPS) is 18.7. The van der Waals surface area contributed by atoms with E-state index in [0.717, 1.165) is 41.2 Å². The highest BCUT2D eigenvalue weighted by Crippen LogP contribution is 2.38.